The number of sulfone groups is 1. The van der Waals surface area contributed by atoms with Gasteiger partial charge in [0.15, 0.2) is 9.84 Å². The normalized spacial score (nSPS) is 14.2. The van der Waals surface area contributed by atoms with Crippen LogP contribution in [0.25, 0.3) is 10.9 Å². The number of hydrogen-bond acceptors (Lipinski definition) is 5. The van der Waals surface area contributed by atoms with E-state index in [9.17, 15) is 22.4 Å². The number of nitrogens with one attached hydrogen (secondary N) is 1. The monoisotopic (exact) mass is 429 g/mol. The standard InChI is InChI=1S/C21H20FN3O4S/c1-30(28,29)14-7-9-16(22)18(12-14)24-20(26)13-6-8-15-17(11-13)23-19-5-3-2-4-10-25(19)21(15)27/h6-9,11-12H,2-5,10H2,1H3,(H,24,26). The Kier molecular flexibility index (Phi) is 5.15. The highest BCUT2D eigenvalue weighted by Gasteiger charge is 2.17. The average molecular weight is 429 g/mol. The van der Waals surface area contributed by atoms with Gasteiger partial charge in [0.2, 0.25) is 0 Å². The van der Waals surface area contributed by atoms with Crippen LogP contribution in [-0.2, 0) is 22.8 Å². The minimum atomic E-state index is -3.55. The van der Waals surface area contributed by atoms with E-state index in [2.05, 4.69) is 10.3 Å². The van der Waals surface area contributed by atoms with E-state index in [1.807, 2.05) is 0 Å². The summed E-state index contributed by atoms with van der Waals surface area (Å²) in [5.74, 6) is -0.675. The van der Waals surface area contributed by atoms with Crippen LogP contribution >= 0.6 is 0 Å². The number of hydrogen-bond donors (Lipinski definition) is 1. The van der Waals surface area contributed by atoms with Crippen molar-refractivity contribution >= 4 is 32.3 Å². The molecule has 9 heteroatoms. The van der Waals surface area contributed by atoms with Crippen molar-refractivity contribution in [3.63, 3.8) is 0 Å². The molecule has 3 aromatic rings. The molecule has 0 aliphatic carbocycles. The summed E-state index contributed by atoms with van der Waals surface area (Å²) in [5.41, 5.74) is 0.233. The van der Waals surface area contributed by atoms with Gasteiger partial charge in [0.1, 0.15) is 11.6 Å². The van der Waals surface area contributed by atoms with Crippen LogP contribution in [0, 0.1) is 5.82 Å². The van der Waals surface area contributed by atoms with Crippen molar-refractivity contribution in [1.82, 2.24) is 9.55 Å². The van der Waals surface area contributed by atoms with Crippen LogP contribution in [0.1, 0.15) is 35.4 Å². The Labute approximate surface area is 172 Å². The molecule has 1 aromatic heterocycles. The smallest absolute Gasteiger partial charge is 0.261 e. The van der Waals surface area contributed by atoms with Gasteiger partial charge in [0.25, 0.3) is 11.5 Å². The van der Waals surface area contributed by atoms with Gasteiger partial charge in [-0.05, 0) is 49.2 Å². The molecule has 1 aliphatic heterocycles. The van der Waals surface area contributed by atoms with E-state index in [1.165, 1.54) is 12.1 Å². The zero-order chi connectivity index (χ0) is 21.5. The van der Waals surface area contributed by atoms with Gasteiger partial charge < -0.3 is 5.32 Å². The Morgan fingerprint density at radius 3 is 2.70 bits per heavy atom. The maximum atomic E-state index is 14.1. The molecule has 0 bridgehead atoms. The molecule has 2 heterocycles. The van der Waals surface area contributed by atoms with E-state index in [4.69, 9.17) is 0 Å². The van der Waals surface area contributed by atoms with Gasteiger partial charge in [-0.25, -0.2) is 17.8 Å². The number of fused-ring (bicyclic) bond motifs is 2. The number of aryl methyl sites for hydroxylation is 1. The highest BCUT2D eigenvalue weighted by atomic mass is 32.2. The first kappa shape index (κ1) is 20.2. The van der Waals surface area contributed by atoms with Crippen molar-refractivity contribution < 1.29 is 17.6 Å². The second-order valence-corrected chi connectivity index (χ2v) is 9.41. The lowest BCUT2D eigenvalue weighted by Crippen LogP contribution is -2.24. The number of carbonyl (C=O) groups excluding carboxylic acids is 1. The summed E-state index contributed by atoms with van der Waals surface area (Å²) in [6, 6.07) is 7.72. The summed E-state index contributed by atoms with van der Waals surface area (Å²) in [7, 11) is -3.55. The van der Waals surface area contributed by atoms with Crippen molar-refractivity contribution in [2.45, 2.75) is 37.1 Å². The van der Waals surface area contributed by atoms with Crippen molar-refractivity contribution in [2.75, 3.05) is 11.6 Å². The molecule has 0 spiro atoms. The third-order valence-electron chi connectivity index (χ3n) is 5.19. The van der Waals surface area contributed by atoms with Gasteiger partial charge in [0.05, 0.1) is 21.5 Å². The van der Waals surface area contributed by atoms with Crippen LogP contribution in [0.15, 0.2) is 46.1 Å². The van der Waals surface area contributed by atoms with Gasteiger partial charge in [-0.15, -0.1) is 0 Å². The van der Waals surface area contributed by atoms with Gasteiger partial charge in [0, 0.05) is 24.8 Å². The first-order chi connectivity index (χ1) is 14.2. The highest BCUT2D eigenvalue weighted by molar-refractivity contribution is 7.90. The predicted molar refractivity (Wildman–Crippen MR) is 111 cm³/mol. The summed E-state index contributed by atoms with van der Waals surface area (Å²) in [6.07, 6.45) is 4.62. The largest absolute Gasteiger partial charge is 0.319 e. The summed E-state index contributed by atoms with van der Waals surface area (Å²) in [5, 5.41) is 2.82. The molecule has 4 rings (SSSR count). The lowest BCUT2D eigenvalue weighted by atomic mass is 10.1. The maximum absolute atomic E-state index is 14.1. The Balaban J connectivity index is 1.70. The van der Waals surface area contributed by atoms with Crippen LogP contribution < -0.4 is 10.9 Å². The molecule has 1 aliphatic rings. The molecule has 156 valence electrons. The fourth-order valence-electron chi connectivity index (χ4n) is 3.58. The number of amides is 1. The molecule has 0 saturated heterocycles. The van der Waals surface area contributed by atoms with Crippen LogP contribution in [0.3, 0.4) is 0 Å². The van der Waals surface area contributed by atoms with Gasteiger partial charge in [-0.2, -0.15) is 0 Å². The molecule has 0 saturated carbocycles. The Morgan fingerprint density at radius 1 is 1.13 bits per heavy atom. The molecule has 2 aromatic carbocycles. The summed E-state index contributed by atoms with van der Waals surface area (Å²) >= 11 is 0. The van der Waals surface area contributed by atoms with Crippen LogP contribution in [0.5, 0.6) is 0 Å². The number of anilines is 1. The van der Waals surface area contributed by atoms with E-state index in [-0.39, 0.29) is 21.7 Å². The van der Waals surface area contributed by atoms with E-state index >= 15 is 0 Å². The first-order valence-electron chi connectivity index (χ1n) is 9.58. The van der Waals surface area contributed by atoms with Crippen molar-refractivity contribution in [3.05, 3.63) is 64.0 Å². The SMILES string of the molecule is CS(=O)(=O)c1ccc(F)c(NC(=O)c2ccc3c(=O)n4c(nc3c2)CCCCC4)c1. The van der Waals surface area contributed by atoms with E-state index in [0.717, 1.165) is 43.7 Å². The Morgan fingerprint density at radius 2 is 1.93 bits per heavy atom. The fourth-order valence-corrected chi connectivity index (χ4v) is 4.23. The number of rotatable bonds is 3. The number of halogens is 1. The fraction of sp³-hybridized carbons (Fsp3) is 0.286. The third-order valence-corrected chi connectivity index (χ3v) is 6.30. The molecular weight excluding hydrogens is 409 g/mol. The first-order valence-corrected chi connectivity index (χ1v) is 11.5. The molecule has 0 radical (unpaired) electrons. The van der Waals surface area contributed by atoms with Crippen LogP contribution in [0.4, 0.5) is 10.1 Å². The zero-order valence-corrected chi connectivity index (χ0v) is 17.1. The minimum absolute atomic E-state index is 0.102. The van der Waals surface area contributed by atoms with Crippen LogP contribution in [0.2, 0.25) is 0 Å². The van der Waals surface area contributed by atoms with Crippen molar-refractivity contribution in [1.29, 1.82) is 0 Å². The number of carbonyl (C=O) groups is 1. The second kappa shape index (κ2) is 7.64. The summed E-state index contributed by atoms with van der Waals surface area (Å²) in [6.45, 7) is 0.634. The molecular formula is C21H20FN3O4S. The molecule has 0 fully saturated rings. The third kappa shape index (κ3) is 3.85. The molecule has 0 unspecified atom stereocenters. The molecule has 7 nitrogen and oxygen atoms in total. The van der Waals surface area contributed by atoms with Crippen molar-refractivity contribution in [3.8, 4) is 0 Å². The molecule has 0 atom stereocenters. The molecule has 30 heavy (non-hydrogen) atoms. The summed E-state index contributed by atoms with van der Waals surface area (Å²) < 4.78 is 39.2. The number of nitrogens with zero attached hydrogens (tertiary/aromatic N) is 2. The Hall–Kier alpha value is -3.07. The predicted octanol–water partition coefficient (Wildman–Crippen LogP) is 2.92. The molecule has 1 amide bonds. The number of aromatic nitrogens is 2. The average Bonchev–Trinajstić information content (AvgIpc) is 2.94. The minimum Gasteiger partial charge on any atom is -0.319 e. The van der Waals surface area contributed by atoms with Gasteiger partial charge >= 0.3 is 0 Å². The van der Waals surface area contributed by atoms with Gasteiger partial charge in [-0.3, -0.25) is 14.2 Å². The lowest BCUT2D eigenvalue weighted by Gasteiger charge is -2.11. The number of benzene rings is 2. The van der Waals surface area contributed by atoms with Gasteiger partial charge in [-0.1, -0.05) is 6.42 Å². The maximum Gasteiger partial charge on any atom is 0.261 e. The van der Waals surface area contributed by atoms with Crippen LogP contribution in [-0.4, -0.2) is 30.1 Å². The van der Waals surface area contributed by atoms with E-state index in [1.54, 1.807) is 10.6 Å². The highest BCUT2D eigenvalue weighted by Crippen LogP contribution is 2.21. The topological polar surface area (TPSA) is 98.1 Å². The quantitative estimate of drug-likeness (QED) is 0.646. The van der Waals surface area contributed by atoms with Crippen molar-refractivity contribution in [2.24, 2.45) is 0 Å². The second-order valence-electron chi connectivity index (χ2n) is 7.40. The molecule has 1 N–H and O–H groups in total. The lowest BCUT2D eigenvalue weighted by molar-refractivity contribution is 0.102. The zero-order valence-electron chi connectivity index (χ0n) is 16.3. The van der Waals surface area contributed by atoms with E-state index < -0.39 is 21.6 Å². The summed E-state index contributed by atoms with van der Waals surface area (Å²) in [4.78, 5) is 29.9. The Bertz CT molecular complexity index is 1330. The van der Waals surface area contributed by atoms with E-state index in [0.29, 0.717) is 29.7 Å².